The molecule has 1 aromatic heterocycles. The van der Waals surface area contributed by atoms with Gasteiger partial charge in [-0.2, -0.15) is 0 Å². The van der Waals surface area contributed by atoms with Gasteiger partial charge in [0.05, 0.1) is 19.4 Å². The summed E-state index contributed by atoms with van der Waals surface area (Å²) in [5, 5.41) is 8.23. The van der Waals surface area contributed by atoms with Crippen molar-refractivity contribution in [1.29, 1.82) is 0 Å². The Hall–Kier alpha value is -3.93. The minimum absolute atomic E-state index is 0.0588. The van der Waals surface area contributed by atoms with Crippen LogP contribution in [0, 0.1) is 0 Å². The average molecular weight is 518 g/mol. The summed E-state index contributed by atoms with van der Waals surface area (Å²) in [5.74, 6) is -0.821. The maximum absolute atomic E-state index is 11.9. The van der Waals surface area contributed by atoms with Gasteiger partial charge in [-0.1, -0.05) is 23.4 Å². The highest BCUT2D eigenvalue weighted by Crippen LogP contribution is 2.34. The Labute approximate surface area is 214 Å². The molecule has 1 aliphatic heterocycles. The van der Waals surface area contributed by atoms with E-state index in [0.29, 0.717) is 17.2 Å². The quantitative estimate of drug-likeness (QED) is 0.358. The maximum atomic E-state index is 11.9. The van der Waals surface area contributed by atoms with Crippen molar-refractivity contribution >= 4 is 24.0 Å². The van der Waals surface area contributed by atoms with Crippen molar-refractivity contribution in [3.63, 3.8) is 0 Å². The molecule has 37 heavy (non-hydrogen) atoms. The predicted molar refractivity (Wildman–Crippen MR) is 128 cm³/mol. The number of allylic oxidation sites excluding steroid dienone is 1. The lowest BCUT2D eigenvalue weighted by molar-refractivity contribution is -0.261. The molecule has 200 valence electrons. The normalized spacial score (nSPS) is 23.4. The second kappa shape index (κ2) is 12.3. The summed E-state index contributed by atoms with van der Waals surface area (Å²) < 4.78 is 34.9. The lowest BCUT2D eigenvalue weighted by Crippen LogP contribution is -2.58. The standard InChI is InChI=1S/C25H31N3O9/c1-7-8-18-9-10-20(21(11-18)32-6)33-13-19-12-28(27-26-19)25-24(37-17(5)31)23(36-16(4)30)22(14(2)34-25)35-15(3)29/h7-12,14,22-25H,13H2,1-6H3/b8-7+/t14-,22-,23+,24+,25?/m0/s1. The van der Waals surface area contributed by atoms with Crippen molar-refractivity contribution in [2.45, 2.75) is 71.9 Å². The predicted octanol–water partition coefficient (Wildman–Crippen LogP) is 2.61. The summed E-state index contributed by atoms with van der Waals surface area (Å²) in [6.45, 7) is 7.26. The number of benzene rings is 1. The fourth-order valence-corrected chi connectivity index (χ4v) is 3.96. The molecule has 12 heteroatoms. The Morgan fingerprint density at radius 2 is 1.65 bits per heavy atom. The SMILES string of the molecule is C/C=C/c1ccc(OCc2cn(C3O[C@@H](C)[C@H](OC(C)=O)[C@@H](OC(C)=O)[C@H]3OC(C)=O)nn2)c(OC)c1. The molecule has 12 nitrogen and oxygen atoms in total. The minimum atomic E-state index is -1.17. The minimum Gasteiger partial charge on any atom is -0.493 e. The van der Waals surface area contributed by atoms with Gasteiger partial charge in [0.15, 0.2) is 36.0 Å². The fourth-order valence-electron chi connectivity index (χ4n) is 3.96. The molecule has 2 aromatic rings. The summed E-state index contributed by atoms with van der Waals surface area (Å²) in [6.07, 6.45) is 0.361. The van der Waals surface area contributed by atoms with Gasteiger partial charge >= 0.3 is 17.9 Å². The summed E-state index contributed by atoms with van der Waals surface area (Å²) in [7, 11) is 1.55. The Morgan fingerprint density at radius 1 is 1.00 bits per heavy atom. The molecular weight excluding hydrogens is 486 g/mol. The van der Waals surface area contributed by atoms with Crippen LogP contribution in [0.1, 0.15) is 52.1 Å². The monoisotopic (exact) mass is 517 g/mol. The van der Waals surface area contributed by atoms with E-state index in [-0.39, 0.29) is 6.61 Å². The molecule has 0 aliphatic carbocycles. The molecule has 0 amide bonds. The zero-order valence-corrected chi connectivity index (χ0v) is 21.6. The van der Waals surface area contributed by atoms with Gasteiger partial charge in [-0.25, -0.2) is 4.68 Å². The number of carbonyl (C=O) groups excluding carboxylic acids is 3. The molecule has 0 N–H and O–H groups in total. The average Bonchev–Trinajstić information content (AvgIpc) is 3.30. The van der Waals surface area contributed by atoms with Gasteiger partial charge in [-0.15, -0.1) is 5.10 Å². The first kappa shape index (κ1) is 27.7. The largest absolute Gasteiger partial charge is 0.493 e. The van der Waals surface area contributed by atoms with E-state index in [1.54, 1.807) is 26.3 Å². The van der Waals surface area contributed by atoms with E-state index in [2.05, 4.69) is 10.3 Å². The molecule has 1 aliphatic rings. The van der Waals surface area contributed by atoms with Crippen molar-refractivity contribution in [3.05, 3.63) is 41.7 Å². The highest BCUT2D eigenvalue weighted by molar-refractivity contribution is 5.68. The number of ether oxygens (including phenoxy) is 6. The third kappa shape index (κ3) is 7.06. The van der Waals surface area contributed by atoms with Crippen LogP contribution in [-0.4, -0.2) is 64.4 Å². The Balaban J connectivity index is 1.83. The second-order valence-electron chi connectivity index (χ2n) is 8.34. The van der Waals surface area contributed by atoms with Crippen LogP contribution in [0.4, 0.5) is 0 Å². The summed E-state index contributed by atoms with van der Waals surface area (Å²) in [6, 6.07) is 5.53. The van der Waals surface area contributed by atoms with Crippen molar-refractivity contribution in [1.82, 2.24) is 15.0 Å². The lowest BCUT2D eigenvalue weighted by Gasteiger charge is -2.43. The summed E-state index contributed by atoms with van der Waals surface area (Å²) in [5.41, 5.74) is 1.41. The molecule has 5 atom stereocenters. The van der Waals surface area contributed by atoms with E-state index >= 15 is 0 Å². The smallest absolute Gasteiger partial charge is 0.303 e. The van der Waals surface area contributed by atoms with Gasteiger partial charge in [0.2, 0.25) is 0 Å². The molecule has 1 saturated heterocycles. The number of rotatable bonds is 9. The Bertz CT molecular complexity index is 1150. The molecule has 1 unspecified atom stereocenters. The van der Waals surface area contributed by atoms with Crippen molar-refractivity contribution in [2.24, 2.45) is 0 Å². The van der Waals surface area contributed by atoms with Gasteiger partial charge in [0.1, 0.15) is 12.3 Å². The number of nitrogens with zero attached hydrogens (tertiary/aromatic N) is 3. The van der Waals surface area contributed by atoms with Gasteiger partial charge in [0, 0.05) is 20.8 Å². The summed E-state index contributed by atoms with van der Waals surface area (Å²) >= 11 is 0. The highest BCUT2D eigenvalue weighted by Gasteiger charge is 2.51. The topological polar surface area (TPSA) is 137 Å². The molecule has 2 heterocycles. The number of aromatic nitrogens is 3. The van der Waals surface area contributed by atoms with Crippen LogP contribution in [0.2, 0.25) is 0 Å². The first-order valence-corrected chi connectivity index (χ1v) is 11.6. The van der Waals surface area contributed by atoms with Crippen LogP contribution in [0.15, 0.2) is 30.5 Å². The zero-order valence-electron chi connectivity index (χ0n) is 21.6. The lowest BCUT2D eigenvalue weighted by atomic mass is 9.98. The van der Waals surface area contributed by atoms with Crippen molar-refractivity contribution < 1.29 is 42.8 Å². The van der Waals surface area contributed by atoms with Crippen molar-refractivity contribution in [3.8, 4) is 11.5 Å². The van der Waals surface area contributed by atoms with Crippen molar-refractivity contribution in [2.75, 3.05) is 7.11 Å². The molecule has 0 spiro atoms. The Morgan fingerprint density at radius 3 is 2.27 bits per heavy atom. The van der Waals surface area contributed by atoms with E-state index in [4.69, 9.17) is 28.4 Å². The molecule has 1 aromatic carbocycles. The highest BCUT2D eigenvalue weighted by atomic mass is 16.7. The number of hydrogen-bond donors (Lipinski definition) is 0. The number of hydrogen-bond acceptors (Lipinski definition) is 11. The second-order valence-corrected chi connectivity index (χ2v) is 8.34. The van der Waals surface area contributed by atoms with Gasteiger partial charge in [0.25, 0.3) is 0 Å². The third-order valence-electron chi connectivity index (χ3n) is 5.39. The Kier molecular flexibility index (Phi) is 9.23. The van der Waals surface area contributed by atoms with Gasteiger partial charge in [-0.05, 0) is 31.5 Å². The maximum Gasteiger partial charge on any atom is 0.303 e. The van der Waals surface area contributed by atoms with Crippen LogP contribution in [0.5, 0.6) is 11.5 Å². The van der Waals surface area contributed by atoms with E-state index in [9.17, 15) is 14.4 Å². The van der Waals surface area contributed by atoms with Crippen LogP contribution in [0.25, 0.3) is 6.08 Å². The molecule has 0 bridgehead atoms. The third-order valence-corrected chi connectivity index (χ3v) is 5.39. The van der Waals surface area contributed by atoms with Crippen LogP contribution in [-0.2, 0) is 39.9 Å². The van der Waals surface area contributed by atoms with E-state index in [0.717, 1.165) is 5.56 Å². The van der Waals surface area contributed by atoms with Gasteiger partial charge < -0.3 is 28.4 Å². The summed E-state index contributed by atoms with van der Waals surface area (Å²) in [4.78, 5) is 35.4. The number of methoxy groups -OCH3 is 1. The van der Waals surface area contributed by atoms with E-state index in [1.807, 2.05) is 31.2 Å². The van der Waals surface area contributed by atoms with Crippen LogP contribution >= 0.6 is 0 Å². The molecule has 0 radical (unpaired) electrons. The number of esters is 3. The fraction of sp³-hybridized carbons (Fsp3) is 0.480. The first-order chi connectivity index (χ1) is 17.6. The molecule has 0 saturated carbocycles. The van der Waals surface area contributed by atoms with Gasteiger partial charge in [-0.3, -0.25) is 14.4 Å². The van der Waals surface area contributed by atoms with E-state index < -0.39 is 48.6 Å². The van der Waals surface area contributed by atoms with Crippen LogP contribution in [0.3, 0.4) is 0 Å². The first-order valence-electron chi connectivity index (χ1n) is 11.6. The molecular formula is C25H31N3O9. The number of carbonyl (C=O) groups is 3. The molecule has 1 fully saturated rings. The zero-order chi connectivity index (χ0) is 27.1. The van der Waals surface area contributed by atoms with Crippen LogP contribution < -0.4 is 9.47 Å². The van der Waals surface area contributed by atoms with E-state index in [1.165, 1.54) is 25.5 Å². The molecule has 3 rings (SSSR count).